The van der Waals surface area contributed by atoms with E-state index in [9.17, 15) is 9.59 Å². The molecule has 0 bridgehead atoms. The van der Waals surface area contributed by atoms with E-state index in [0.29, 0.717) is 18.7 Å². The highest BCUT2D eigenvalue weighted by Gasteiger charge is 2.23. The second-order valence-electron chi connectivity index (χ2n) is 8.05. The number of rotatable bonds is 10. The molecule has 0 radical (unpaired) electrons. The third-order valence-electron chi connectivity index (χ3n) is 4.45. The van der Waals surface area contributed by atoms with E-state index in [2.05, 4.69) is 4.98 Å². The monoisotopic (exact) mass is 397 g/mol. The summed E-state index contributed by atoms with van der Waals surface area (Å²) < 4.78 is 11.5. The van der Waals surface area contributed by atoms with Gasteiger partial charge >= 0.3 is 5.97 Å². The fourth-order valence-corrected chi connectivity index (χ4v) is 3.04. The van der Waals surface area contributed by atoms with Gasteiger partial charge in [-0.1, -0.05) is 31.0 Å². The first-order valence-corrected chi connectivity index (χ1v) is 10.2. The Balaban J connectivity index is 2.13. The first-order valence-electron chi connectivity index (χ1n) is 10.2. The van der Waals surface area contributed by atoms with E-state index >= 15 is 0 Å². The molecule has 2 aromatic rings. The number of hydrogen-bond donors (Lipinski definition) is 0. The Morgan fingerprint density at radius 2 is 1.76 bits per heavy atom. The lowest BCUT2D eigenvalue weighted by atomic mass is 9.98. The van der Waals surface area contributed by atoms with Crippen molar-refractivity contribution in [2.45, 2.75) is 65.4 Å². The van der Waals surface area contributed by atoms with E-state index in [1.165, 1.54) is 0 Å². The summed E-state index contributed by atoms with van der Waals surface area (Å²) >= 11 is 0. The highest BCUT2D eigenvalue weighted by molar-refractivity contribution is 5.96. The number of carbonyl (C=O) groups excluding carboxylic acids is 2. The number of aldehydes is 1. The molecule has 156 valence electrons. The lowest BCUT2D eigenvalue weighted by molar-refractivity contribution is -0.107. The SMILES string of the molecule is Cc1c(OCCCCCCC=O)cccc1-c1cccnc1C(=O)OC(C)(C)C. The van der Waals surface area contributed by atoms with Gasteiger partial charge in [-0.15, -0.1) is 0 Å². The number of benzene rings is 1. The number of esters is 1. The van der Waals surface area contributed by atoms with Crippen LogP contribution in [-0.4, -0.2) is 29.4 Å². The summed E-state index contributed by atoms with van der Waals surface area (Å²) in [5.41, 5.74) is 2.32. The molecule has 1 aromatic carbocycles. The largest absolute Gasteiger partial charge is 0.493 e. The van der Waals surface area contributed by atoms with Crippen LogP contribution in [-0.2, 0) is 9.53 Å². The zero-order chi connectivity index (χ0) is 21.3. The van der Waals surface area contributed by atoms with E-state index < -0.39 is 11.6 Å². The number of unbranched alkanes of at least 4 members (excludes halogenated alkanes) is 4. The molecule has 5 nitrogen and oxygen atoms in total. The van der Waals surface area contributed by atoms with Gasteiger partial charge in [-0.2, -0.15) is 0 Å². The maximum Gasteiger partial charge on any atom is 0.358 e. The number of aromatic nitrogens is 1. The van der Waals surface area contributed by atoms with Gasteiger partial charge < -0.3 is 14.3 Å². The Morgan fingerprint density at radius 3 is 2.48 bits per heavy atom. The molecule has 0 unspecified atom stereocenters. The summed E-state index contributed by atoms with van der Waals surface area (Å²) in [4.78, 5) is 27.3. The minimum absolute atomic E-state index is 0.304. The van der Waals surface area contributed by atoms with Crippen LogP contribution >= 0.6 is 0 Å². The molecular weight excluding hydrogens is 366 g/mol. The van der Waals surface area contributed by atoms with Crippen LogP contribution in [0, 0.1) is 6.92 Å². The highest BCUT2D eigenvalue weighted by atomic mass is 16.6. The molecule has 5 heteroatoms. The Hall–Kier alpha value is -2.69. The second-order valence-corrected chi connectivity index (χ2v) is 8.05. The van der Waals surface area contributed by atoms with Gasteiger partial charge in [0.25, 0.3) is 0 Å². The molecule has 0 aliphatic rings. The van der Waals surface area contributed by atoms with Crippen LogP contribution in [0.3, 0.4) is 0 Å². The number of pyridine rings is 1. The third-order valence-corrected chi connectivity index (χ3v) is 4.45. The van der Waals surface area contributed by atoms with Gasteiger partial charge in [0.1, 0.15) is 17.6 Å². The van der Waals surface area contributed by atoms with Gasteiger partial charge in [0.05, 0.1) is 6.61 Å². The third kappa shape index (κ3) is 7.00. The predicted octanol–water partition coefficient (Wildman–Crippen LogP) is 5.54. The van der Waals surface area contributed by atoms with Crippen LogP contribution in [0.1, 0.15) is 68.9 Å². The van der Waals surface area contributed by atoms with Crippen LogP contribution in [0.15, 0.2) is 36.5 Å². The quantitative estimate of drug-likeness (QED) is 0.299. The summed E-state index contributed by atoms with van der Waals surface area (Å²) in [5.74, 6) is 0.364. The molecule has 0 saturated heterocycles. The first-order chi connectivity index (χ1) is 13.8. The average Bonchev–Trinajstić information content (AvgIpc) is 2.67. The van der Waals surface area contributed by atoms with E-state index in [4.69, 9.17) is 9.47 Å². The minimum Gasteiger partial charge on any atom is -0.493 e. The van der Waals surface area contributed by atoms with Crippen molar-refractivity contribution in [2.24, 2.45) is 0 Å². The number of carbonyl (C=O) groups is 2. The van der Waals surface area contributed by atoms with Gasteiger partial charge in [-0.05, 0) is 63.8 Å². The van der Waals surface area contributed by atoms with Gasteiger partial charge in [-0.3, -0.25) is 0 Å². The topological polar surface area (TPSA) is 65.5 Å². The molecule has 1 aromatic heterocycles. The molecule has 0 aliphatic heterocycles. The number of nitrogens with zero attached hydrogens (tertiary/aromatic N) is 1. The van der Waals surface area contributed by atoms with Gasteiger partial charge in [-0.25, -0.2) is 9.78 Å². The van der Waals surface area contributed by atoms with Crippen molar-refractivity contribution < 1.29 is 19.1 Å². The minimum atomic E-state index is -0.586. The van der Waals surface area contributed by atoms with Gasteiger partial charge in [0.15, 0.2) is 5.69 Å². The lowest BCUT2D eigenvalue weighted by Gasteiger charge is -2.20. The van der Waals surface area contributed by atoms with Crippen molar-refractivity contribution in [1.82, 2.24) is 4.98 Å². The molecule has 0 spiro atoms. The van der Waals surface area contributed by atoms with Crippen molar-refractivity contribution in [3.05, 3.63) is 47.8 Å². The number of hydrogen-bond acceptors (Lipinski definition) is 5. The van der Waals surface area contributed by atoms with Gasteiger partial charge in [0.2, 0.25) is 0 Å². The molecule has 2 rings (SSSR count). The molecular formula is C24H31NO4. The van der Waals surface area contributed by atoms with Crippen molar-refractivity contribution in [1.29, 1.82) is 0 Å². The normalized spacial score (nSPS) is 11.2. The summed E-state index contributed by atoms with van der Waals surface area (Å²) in [6, 6.07) is 9.52. The van der Waals surface area contributed by atoms with Crippen LogP contribution in [0.4, 0.5) is 0 Å². The van der Waals surface area contributed by atoms with E-state index in [-0.39, 0.29) is 0 Å². The van der Waals surface area contributed by atoms with Crippen molar-refractivity contribution >= 4 is 12.3 Å². The molecule has 1 heterocycles. The van der Waals surface area contributed by atoms with Gasteiger partial charge in [0, 0.05) is 18.2 Å². The highest BCUT2D eigenvalue weighted by Crippen LogP contribution is 2.32. The summed E-state index contributed by atoms with van der Waals surface area (Å²) in [5, 5.41) is 0. The Morgan fingerprint density at radius 1 is 1.03 bits per heavy atom. The Kier molecular flexibility index (Phi) is 8.37. The predicted molar refractivity (Wildman–Crippen MR) is 114 cm³/mol. The molecule has 0 saturated carbocycles. The second kappa shape index (κ2) is 10.7. The molecule has 29 heavy (non-hydrogen) atoms. The maximum atomic E-state index is 12.6. The van der Waals surface area contributed by atoms with Crippen LogP contribution in [0.2, 0.25) is 0 Å². The van der Waals surface area contributed by atoms with E-state index in [0.717, 1.165) is 54.4 Å². The first kappa shape index (κ1) is 22.6. The standard InChI is InChI=1S/C24H31NO4/c1-18-19(12-10-14-21(18)28-17-9-7-5-6-8-16-26)20-13-11-15-25-22(20)23(27)29-24(2,3)4/h10-16H,5-9,17H2,1-4H3. The van der Waals surface area contributed by atoms with Crippen LogP contribution < -0.4 is 4.74 Å². The number of ether oxygens (including phenoxy) is 2. The zero-order valence-corrected chi connectivity index (χ0v) is 17.9. The maximum absolute atomic E-state index is 12.6. The Bertz CT molecular complexity index is 824. The zero-order valence-electron chi connectivity index (χ0n) is 17.9. The van der Waals surface area contributed by atoms with Crippen molar-refractivity contribution in [3.63, 3.8) is 0 Å². The molecule has 0 aliphatic carbocycles. The fourth-order valence-electron chi connectivity index (χ4n) is 3.04. The Labute approximate surface area is 173 Å². The molecule has 0 atom stereocenters. The smallest absolute Gasteiger partial charge is 0.358 e. The summed E-state index contributed by atoms with van der Waals surface area (Å²) in [6.07, 6.45) is 7.16. The lowest BCUT2D eigenvalue weighted by Crippen LogP contribution is -2.24. The van der Waals surface area contributed by atoms with E-state index in [1.54, 1.807) is 6.20 Å². The summed E-state index contributed by atoms with van der Waals surface area (Å²) in [6.45, 7) is 8.13. The van der Waals surface area contributed by atoms with E-state index in [1.807, 2.05) is 58.0 Å². The van der Waals surface area contributed by atoms with Crippen LogP contribution in [0.5, 0.6) is 5.75 Å². The van der Waals surface area contributed by atoms with Crippen LogP contribution in [0.25, 0.3) is 11.1 Å². The molecule has 0 amide bonds. The fraction of sp³-hybridized carbons (Fsp3) is 0.458. The average molecular weight is 398 g/mol. The summed E-state index contributed by atoms with van der Waals surface area (Å²) in [7, 11) is 0. The van der Waals surface area contributed by atoms with Crippen molar-refractivity contribution in [3.8, 4) is 16.9 Å². The molecule has 0 N–H and O–H groups in total. The van der Waals surface area contributed by atoms with Crippen molar-refractivity contribution in [2.75, 3.05) is 6.61 Å². The molecule has 0 fully saturated rings.